The van der Waals surface area contributed by atoms with Crippen molar-refractivity contribution in [2.75, 3.05) is 11.9 Å². The van der Waals surface area contributed by atoms with Gasteiger partial charge in [-0.15, -0.1) is 6.58 Å². The lowest BCUT2D eigenvalue weighted by Crippen LogP contribution is -2.29. The minimum atomic E-state index is -0.295. The highest BCUT2D eigenvalue weighted by molar-refractivity contribution is 5.88. The Labute approximate surface area is 92.8 Å². The van der Waals surface area contributed by atoms with Gasteiger partial charge < -0.3 is 5.32 Å². The Bertz CT molecular complexity index is 517. The number of amides is 2. The molecule has 82 valence electrons. The zero-order chi connectivity index (χ0) is 11.4. The van der Waals surface area contributed by atoms with Crippen molar-refractivity contribution in [3.63, 3.8) is 0 Å². The number of aromatic nitrogens is 2. The van der Waals surface area contributed by atoms with Crippen molar-refractivity contribution in [1.29, 1.82) is 0 Å². The first-order valence-electron chi connectivity index (χ1n) is 4.89. The summed E-state index contributed by atoms with van der Waals surface area (Å²) in [5, 5.41) is 5.27. The fraction of sp³-hybridized carbons (Fsp3) is 0.0909. The molecule has 0 aliphatic heterocycles. The van der Waals surface area contributed by atoms with Gasteiger partial charge in [-0.05, 0) is 12.1 Å². The summed E-state index contributed by atoms with van der Waals surface area (Å²) in [6.45, 7) is 3.94. The predicted octanol–water partition coefficient (Wildman–Crippen LogP) is 1.64. The van der Waals surface area contributed by atoms with E-state index in [1.807, 2.05) is 24.4 Å². The molecule has 2 heterocycles. The van der Waals surface area contributed by atoms with Gasteiger partial charge in [0, 0.05) is 12.7 Å². The number of hydrogen-bond donors (Lipinski definition) is 2. The highest BCUT2D eigenvalue weighted by atomic mass is 16.2. The third-order valence-electron chi connectivity index (χ3n) is 2.07. The van der Waals surface area contributed by atoms with Gasteiger partial charge >= 0.3 is 6.03 Å². The van der Waals surface area contributed by atoms with E-state index in [0.29, 0.717) is 12.5 Å². The summed E-state index contributed by atoms with van der Waals surface area (Å²) in [6, 6.07) is 5.41. The molecule has 16 heavy (non-hydrogen) atoms. The molecule has 0 fully saturated rings. The molecule has 0 saturated heterocycles. The van der Waals surface area contributed by atoms with Gasteiger partial charge in [-0.3, -0.25) is 9.72 Å². The molecule has 2 N–H and O–H groups in total. The van der Waals surface area contributed by atoms with Crippen LogP contribution in [0.3, 0.4) is 0 Å². The lowest BCUT2D eigenvalue weighted by Gasteiger charge is -2.04. The van der Waals surface area contributed by atoms with E-state index < -0.39 is 0 Å². The number of fused-ring (bicyclic) bond motifs is 1. The van der Waals surface area contributed by atoms with Gasteiger partial charge in [0.2, 0.25) is 5.95 Å². The summed E-state index contributed by atoms with van der Waals surface area (Å²) in [4.78, 5) is 15.5. The monoisotopic (exact) mass is 216 g/mol. The van der Waals surface area contributed by atoms with E-state index in [2.05, 4.69) is 22.2 Å². The maximum atomic E-state index is 11.4. The maximum absolute atomic E-state index is 11.4. The van der Waals surface area contributed by atoms with Crippen LogP contribution in [-0.4, -0.2) is 22.0 Å². The van der Waals surface area contributed by atoms with Crippen LogP contribution >= 0.6 is 0 Å². The second kappa shape index (κ2) is 4.48. The number of carbonyl (C=O) groups excluding carboxylic acids is 1. The Kier molecular flexibility index (Phi) is 2.86. The zero-order valence-electron chi connectivity index (χ0n) is 8.68. The average molecular weight is 216 g/mol. The van der Waals surface area contributed by atoms with Crippen molar-refractivity contribution in [2.45, 2.75) is 0 Å². The number of carbonyl (C=O) groups is 1. The standard InChI is InChI=1S/C11H12N4O/c1-2-6-12-11(16)14-10-13-8-9-5-3-4-7-15(9)10/h2-5,7-8H,1,6H2,(H2,12,13,14,16). The number of nitrogens with zero attached hydrogens (tertiary/aromatic N) is 2. The number of urea groups is 1. The van der Waals surface area contributed by atoms with Crippen LogP contribution in [0, 0.1) is 0 Å². The highest BCUT2D eigenvalue weighted by Crippen LogP contribution is 2.09. The van der Waals surface area contributed by atoms with Gasteiger partial charge in [0.25, 0.3) is 0 Å². The summed E-state index contributed by atoms with van der Waals surface area (Å²) in [5.41, 5.74) is 0.932. The number of nitrogens with one attached hydrogen (secondary N) is 2. The number of hydrogen-bond acceptors (Lipinski definition) is 2. The molecular formula is C11H12N4O. The summed E-state index contributed by atoms with van der Waals surface area (Å²) < 4.78 is 1.80. The van der Waals surface area contributed by atoms with Crippen LogP contribution in [0.25, 0.3) is 5.52 Å². The lowest BCUT2D eigenvalue weighted by atomic mass is 10.4. The van der Waals surface area contributed by atoms with Crippen molar-refractivity contribution in [2.24, 2.45) is 0 Å². The summed E-state index contributed by atoms with van der Waals surface area (Å²) in [5.74, 6) is 0.497. The average Bonchev–Trinajstić information content (AvgIpc) is 2.70. The molecule has 0 spiro atoms. The van der Waals surface area contributed by atoms with Gasteiger partial charge in [0.1, 0.15) is 0 Å². The Balaban J connectivity index is 2.15. The number of rotatable bonds is 3. The summed E-state index contributed by atoms with van der Waals surface area (Å²) in [6.07, 6.45) is 5.15. The van der Waals surface area contributed by atoms with Crippen LogP contribution in [0.5, 0.6) is 0 Å². The van der Waals surface area contributed by atoms with Crippen LogP contribution in [0.15, 0.2) is 43.2 Å². The first kappa shape index (κ1) is 10.2. The van der Waals surface area contributed by atoms with Crippen molar-refractivity contribution >= 4 is 17.5 Å². The largest absolute Gasteiger partial charge is 0.334 e. The number of pyridine rings is 1. The van der Waals surface area contributed by atoms with Crippen molar-refractivity contribution in [1.82, 2.24) is 14.7 Å². The second-order valence-corrected chi connectivity index (χ2v) is 3.20. The molecule has 0 saturated carbocycles. The molecule has 2 aromatic rings. The van der Waals surface area contributed by atoms with Crippen LogP contribution in [-0.2, 0) is 0 Å². The third-order valence-corrected chi connectivity index (χ3v) is 2.07. The molecule has 0 radical (unpaired) electrons. The van der Waals surface area contributed by atoms with Gasteiger partial charge in [-0.25, -0.2) is 9.78 Å². The normalized spacial score (nSPS) is 10.0. The molecule has 0 bridgehead atoms. The quantitative estimate of drug-likeness (QED) is 0.766. The third kappa shape index (κ3) is 2.03. The minimum absolute atomic E-state index is 0.295. The van der Waals surface area contributed by atoms with Crippen LogP contribution < -0.4 is 10.6 Å². The number of imidazole rings is 1. The number of anilines is 1. The van der Waals surface area contributed by atoms with Crippen molar-refractivity contribution < 1.29 is 4.79 Å². The van der Waals surface area contributed by atoms with Gasteiger partial charge in [0.05, 0.1) is 11.7 Å². The molecular weight excluding hydrogens is 204 g/mol. The van der Waals surface area contributed by atoms with E-state index in [4.69, 9.17) is 0 Å². The Hall–Kier alpha value is -2.30. The molecule has 5 heteroatoms. The Morgan fingerprint density at radius 3 is 3.25 bits per heavy atom. The molecule has 0 aromatic carbocycles. The zero-order valence-corrected chi connectivity index (χ0v) is 8.68. The Morgan fingerprint density at radius 2 is 2.44 bits per heavy atom. The van der Waals surface area contributed by atoms with Crippen LogP contribution in [0.2, 0.25) is 0 Å². The van der Waals surface area contributed by atoms with Gasteiger partial charge in [0.15, 0.2) is 0 Å². The van der Waals surface area contributed by atoms with Crippen molar-refractivity contribution in [3.05, 3.63) is 43.2 Å². The van der Waals surface area contributed by atoms with E-state index >= 15 is 0 Å². The molecule has 2 rings (SSSR count). The van der Waals surface area contributed by atoms with E-state index in [0.717, 1.165) is 5.52 Å². The van der Waals surface area contributed by atoms with E-state index in [1.165, 1.54) is 0 Å². The molecule has 5 nitrogen and oxygen atoms in total. The minimum Gasteiger partial charge on any atom is -0.334 e. The van der Waals surface area contributed by atoms with Gasteiger partial charge in [-0.2, -0.15) is 0 Å². The summed E-state index contributed by atoms with van der Waals surface area (Å²) in [7, 11) is 0. The first-order chi connectivity index (χ1) is 7.81. The molecule has 0 atom stereocenters. The Morgan fingerprint density at radius 1 is 1.56 bits per heavy atom. The first-order valence-corrected chi connectivity index (χ1v) is 4.89. The predicted molar refractivity (Wildman–Crippen MR) is 62.4 cm³/mol. The lowest BCUT2D eigenvalue weighted by molar-refractivity contribution is 0.253. The maximum Gasteiger partial charge on any atom is 0.321 e. The SMILES string of the molecule is C=CCNC(=O)Nc1ncc2ccccn12. The molecule has 0 aliphatic carbocycles. The molecule has 2 aromatic heterocycles. The van der Waals surface area contributed by atoms with E-state index in [1.54, 1.807) is 16.7 Å². The van der Waals surface area contributed by atoms with Crippen molar-refractivity contribution in [3.8, 4) is 0 Å². The smallest absolute Gasteiger partial charge is 0.321 e. The van der Waals surface area contributed by atoms with Crippen LogP contribution in [0.1, 0.15) is 0 Å². The fourth-order valence-corrected chi connectivity index (χ4v) is 1.35. The second-order valence-electron chi connectivity index (χ2n) is 3.20. The van der Waals surface area contributed by atoms with Crippen LogP contribution in [0.4, 0.5) is 10.7 Å². The highest BCUT2D eigenvalue weighted by Gasteiger charge is 2.05. The van der Waals surface area contributed by atoms with Gasteiger partial charge in [-0.1, -0.05) is 12.1 Å². The molecule has 0 unspecified atom stereocenters. The fourth-order valence-electron chi connectivity index (χ4n) is 1.35. The molecule has 0 aliphatic rings. The van der Waals surface area contributed by atoms with E-state index in [-0.39, 0.29) is 6.03 Å². The summed E-state index contributed by atoms with van der Waals surface area (Å²) >= 11 is 0. The topological polar surface area (TPSA) is 58.4 Å². The molecule has 2 amide bonds. The van der Waals surface area contributed by atoms with E-state index in [9.17, 15) is 4.79 Å².